The van der Waals surface area contributed by atoms with Crippen LogP contribution in [0.1, 0.15) is 11.1 Å². The maximum Gasteiger partial charge on any atom is 0.285 e. The summed E-state index contributed by atoms with van der Waals surface area (Å²) in [6, 6.07) is 15.4. The quantitative estimate of drug-likeness (QED) is 0.824. The lowest BCUT2D eigenvalue weighted by Crippen LogP contribution is -2.41. The van der Waals surface area contributed by atoms with E-state index in [0.717, 1.165) is 28.3 Å². The molecule has 0 atom stereocenters. The first-order valence-corrected chi connectivity index (χ1v) is 8.72. The van der Waals surface area contributed by atoms with Crippen molar-refractivity contribution in [2.75, 3.05) is 16.9 Å². The number of nitrogens with zero attached hydrogens (tertiary/aromatic N) is 3. The van der Waals surface area contributed by atoms with Crippen LogP contribution in [0.4, 0.5) is 11.4 Å². The number of aliphatic hydroxyl groups is 1. The van der Waals surface area contributed by atoms with Crippen molar-refractivity contribution in [3.63, 3.8) is 0 Å². The van der Waals surface area contributed by atoms with Crippen LogP contribution in [-0.4, -0.2) is 23.5 Å². The topological polar surface area (TPSA) is 70.8 Å². The van der Waals surface area contributed by atoms with Gasteiger partial charge in [0.1, 0.15) is 0 Å². The zero-order chi connectivity index (χ0) is 18.8. The Labute approximate surface area is 157 Å². The number of rotatable bonds is 4. The first kappa shape index (κ1) is 17.2. The molecule has 2 aliphatic rings. The largest absolute Gasteiger partial charge is 0.392 e. The van der Waals surface area contributed by atoms with E-state index < -0.39 is 0 Å². The van der Waals surface area contributed by atoms with Crippen LogP contribution < -0.4 is 15.1 Å². The van der Waals surface area contributed by atoms with Gasteiger partial charge in [-0.1, -0.05) is 29.2 Å². The van der Waals surface area contributed by atoms with Crippen molar-refractivity contribution in [2.45, 2.75) is 13.5 Å². The van der Waals surface area contributed by atoms with Gasteiger partial charge in [-0.05, 0) is 42.3 Å². The Kier molecular flexibility index (Phi) is 4.58. The Bertz CT molecular complexity index is 978. The number of benzene rings is 2. The van der Waals surface area contributed by atoms with Gasteiger partial charge in [-0.15, -0.1) is 0 Å². The third-order valence-corrected chi connectivity index (χ3v) is 4.45. The lowest BCUT2D eigenvalue weighted by molar-refractivity contribution is -0.112. The molecule has 0 spiro atoms. The summed E-state index contributed by atoms with van der Waals surface area (Å²) in [5, 5.41) is 12.2. The molecule has 6 heteroatoms. The second-order valence-corrected chi connectivity index (χ2v) is 6.53. The molecular formula is C21H20N4O2+. The SMILES string of the molecule is Cc1cccc(NC(=O)C2=C[N+]3CN(c4cccc(CO)c4)C=CC3=N2)c1. The van der Waals surface area contributed by atoms with Crippen LogP contribution in [0.5, 0.6) is 0 Å². The predicted molar refractivity (Wildman–Crippen MR) is 106 cm³/mol. The Hall–Kier alpha value is -3.22. The lowest BCUT2D eigenvalue weighted by Gasteiger charge is -2.22. The van der Waals surface area contributed by atoms with Gasteiger partial charge >= 0.3 is 0 Å². The number of aryl methyl sites for hydroxylation is 1. The van der Waals surface area contributed by atoms with Crippen LogP contribution in [0.3, 0.4) is 0 Å². The van der Waals surface area contributed by atoms with Crippen LogP contribution >= 0.6 is 0 Å². The average Bonchev–Trinajstić information content (AvgIpc) is 3.11. The number of nitrogens with one attached hydrogen (secondary N) is 1. The van der Waals surface area contributed by atoms with Gasteiger partial charge in [0, 0.05) is 23.7 Å². The Morgan fingerprint density at radius 1 is 1.26 bits per heavy atom. The number of carbonyl (C=O) groups is 1. The fourth-order valence-electron chi connectivity index (χ4n) is 3.07. The van der Waals surface area contributed by atoms with E-state index in [0.29, 0.717) is 12.4 Å². The molecule has 27 heavy (non-hydrogen) atoms. The van der Waals surface area contributed by atoms with Gasteiger partial charge < -0.3 is 10.4 Å². The fraction of sp³-hybridized carbons (Fsp3) is 0.143. The molecule has 0 saturated carbocycles. The maximum atomic E-state index is 12.5. The van der Waals surface area contributed by atoms with Crippen molar-refractivity contribution in [1.29, 1.82) is 0 Å². The number of carbonyl (C=O) groups excluding carboxylic acids is 1. The summed E-state index contributed by atoms with van der Waals surface area (Å²) in [6.45, 7) is 2.53. The third-order valence-electron chi connectivity index (χ3n) is 4.45. The molecule has 0 bridgehead atoms. The molecule has 135 valence electrons. The summed E-state index contributed by atoms with van der Waals surface area (Å²) in [6.07, 6.45) is 5.56. The van der Waals surface area contributed by atoms with Crippen LogP contribution in [0, 0.1) is 6.92 Å². The minimum atomic E-state index is -0.232. The number of aliphatic hydroxyl groups excluding tert-OH is 1. The van der Waals surface area contributed by atoms with Crippen molar-refractivity contribution >= 4 is 23.1 Å². The molecule has 1 amide bonds. The summed E-state index contributed by atoms with van der Waals surface area (Å²) < 4.78 is 0. The molecule has 2 aromatic rings. The predicted octanol–water partition coefficient (Wildman–Crippen LogP) is 2.81. The molecule has 0 saturated heterocycles. The molecule has 1 radical (unpaired) electrons. The minimum Gasteiger partial charge on any atom is -0.392 e. The lowest BCUT2D eigenvalue weighted by atomic mass is 10.2. The standard InChI is InChI=1S/C21H20N4O2/c1-15-4-2-6-17(10-15)22-21(27)19-12-25-14-24(9-8-20(25)23-19)18-7-3-5-16(11-18)13-26/h2-12,26H,13-14H2,1H3,(H,22,27)/q+1. The zero-order valence-electron chi connectivity index (χ0n) is 15.0. The number of amidine groups is 1. The third kappa shape index (κ3) is 3.67. The van der Waals surface area contributed by atoms with Gasteiger partial charge in [-0.3, -0.25) is 9.69 Å². The van der Waals surface area contributed by atoms with E-state index in [9.17, 15) is 9.90 Å². The van der Waals surface area contributed by atoms with Crippen LogP contribution in [0.15, 0.2) is 77.7 Å². The molecule has 6 nitrogen and oxygen atoms in total. The summed E-state index contributed by atoms with van der Waals surface area (Å²) in [5.74, 6) is 0.503. The van der Waals surface area contributed by atoms with Crippen molar-refractivity contribution in [3.05, 3.63) is 83.8 Å². The Balaban J connectivity index is 1.49. The molecule has 2 heterocycles. The molecule has 0 aromatic heterocycles. The van der Waals surface area contributed by atoms with E-state index in [1.54, 1.807) is 6.20 Å². The molecule has 0 unspecified atom stereocenters. The second kappa shape index (κ2) is 7.19. The number of hydrogen-bond acceptors (Lipinski definition) is 5. The van der Waals surface area contributed by atoms with E-state index in [-0.39, 0.29) is 12.5 Å². The van der Waals surface area contributed by atoms with Gasteiger partial charge in [-0.2, -0.15) is 4.99 Å². The number of fused-ring (bicyclic) bond motifs is 1. The molecule has 2 aromatic carbocycles. The van der Waals surface area contributed by atoms with Gasteiger partial charge in [0.25, 0.3) is 11.7 Å². The number of anilines is 2. The monoisotopic (exact) mass is 360 g/mol. The van der Waals surface area contributed by atoms with E-state index in [1.165, 1.54) is 0 Å². The highest BCUT2D eigenvalue weighted by atomic mass is 16.3. The van der Waals surface area contributed by atoms with E-state index in [1.807, 2.05) is 77.5 Å². The molecule has 0 fully saturated rings. The van der Waals surface area contributed by atoms with Crippen LogP contribution in [0.2, 0.25) is 0 Å². The summed E-state index contributed by atoms with van der Waals surface area (Å²) >= 11 is 0. The molecule has 2 N–H and O–H groups in total. The van der Waals surface area contributed by atoms with Crippen molar-refractivity contribution < 1.29 is 9.90 Å². The molecule has 0 aliphatic carbocycles. The Morgan fingerprint density at radius 3 is 2.93 bits per heavy atom. The average molecular weight is 360 g/mol. The van der Waals surface area contributed by atoms with Gasteiger partial charge in [-0.25, -0.2) is 0 Å². The normalized spacial score (nSPS) is 16.0. The van der Waals surface area contributed by atoms with E-state index in [4.69, 9.17) is 0 Å². The van der Waals surface area contributed by atoms with Crippen molar-refractivity contribution in [3.8, 4) is 0 Å². The van der Waals surface area contributed by atoms with Crippen molar-refractivity contribution in [2.24, 2.45) is 4.99 Å². The number of amides is 1. The van der Waals surface area contributed by atoms with Gasteiger partial charge in [0.05, 0.1) is 6.61 Å². The summed E-state index contributed by atoms with van der Waals surface area (Å²) in [4.78, 5) is 20.9. The summed E-state index contributed by atoms with van der Waals surface area (Å²) in [5.41, 5.74) is 4.05. The smallest absolute Gasteiger partial charge is 0.285 e. The van der Waals surface area contributed by atoms with Gasteiger partial charge in [0.2, 0.25) is 6.67 Å². The first-order valence-electron chi connectivity index (χ1n) is 8.72. The first-order chi connectivity index (χ1) is 13.1. The summed E-state index contributed by atoms with van der Waals surface area (Å²) in [7, 11) is 0. The molecule has 4 rings (SSSR count). The minimum absolute atomic E-state index is 0.00496. The highest BCUT2D eigenvalue weighted by molar-refractivity contribution is 6.10. The fourth-order valence-corrected chi connectivity index (χ4v) is 3.07. The van der Waals surface area contributed by atoms with E-state index >= 15 is 0 Å². The van der Waals surface area contributed by atoms with Gasteiger partial charge in [0.15, 0.2) is 11.9 Å². The zero-order valence-corrected chi connectivity index (χ0v) is 15.0. The van der Waals surface area contributed by atoms with E-state index in [2.05, 4.69) is 10.3 Å². The number of aliphatic imine (C=N–C) groups is 1. The second-order valence-electron chi connectivity index (χ2n) is 6.53. The highest BCUT2D eigenvalue weighted by Gasteiger charge is 2.35. The molecular weight excluding hydrogens is 340 g/mol. The van der Waals surface area contributed by atoms with Crippen LogP contribution in [0.25, 0.3) is 0 Å². The highest BCUT2D eigenvalue weighted by Crippen LogP contribution is 2.23. The van der Waals surface area contributed by atoms with Crippen LogP contribution in [-0.2, 0) is 11.4 Å². The maximum absolute atomic E-state index is 12.5. The number of hydrogen-bond donors (Lipinski definition) is 2. The Morgan fingerprint density at radius 2 is 2.11 bits per heavy atom. The molecule has 2 aliphatic heterocycles. The van der Waals surface area contributed by atoms with Crippen molar-refractivity contribution in [1.82, 2.24) is 4.90 Å².